The van der Waals surface area contributed by atoms with Crippen molar-refractivity contribution in [1.82, 2.24) is 0 Å². The fraction of sp³-hybridized carbons (Fsp3) is 0.100. The zero-order valence-corrected chi connectivity index (χ0v) is 9.86. The van der Waals surface area contributed by atoms with E-state index in [9.17, 15) is 18.3 Å². The summed E-state index contributed by atoms with van der Waals surface area (Å²) in [7, 11) is -3.97. The number of hydrogen-bond acceptors (Lipinski definition) is 4. The molecule has 0 spiro atoms. The number of hydrogen-bond donors (Lipinski definition) is 2. The molecule has 90 valence electrons. The highest BCUT2D eigenvalue weighted by Crippen LogP contribution is 2.35. The van der Waals surface area contributed by atoms with Gasteiger partial charge in [0.2, 0.25) is 9.84 Å². The monoisotopic (exact) mass is 274 g/mol. The van der Waals surface area contributed by atoms with Crippen LogP contribution in [0.2, 0.25) is 5.02 Å². The van der Waals surface area contributed by atoms with Gasteiger partial charge in [0.1, 0.15) is 0 Å². The molecule has 1 atom stereocenters. The van der Waals surface area contributed by atoms with Crippen LogP contribution in [-0.2, 0) is 14.6 Å². The van der Waals surface area contributed by atoms with E-state index in [1.165, 1.54) is 18.2 Å². The van der Waals surface area contributed by atoms with Crippen LogP contribution in [0.4, 0.5) is 0 Å². The third-order valence-electron chi connectivity index (χ3n) is 2.38. The van der Waals surface area contributed by atoms with Crippen molar-refractivity contribution < 1.29 is 23.4 Å². The zero-order chi connectivity index (χ0) is 12.8. The Kier molecular flexibility index (Phi) is 2.73. The van der Waals surface area contributed by atoms with Crippen molar-refractivity contribution in [3.63, 3.8) is 0 Å². The molecule has 7 heteroatoms. The second-order valence-corrected chi connectivity index (χ2v) is 5.83. The van der Waals surface area contributed by atoms with E-state index in [4.69, 9.17) is 16.7 Å². The van der Waals surface area contributed by atoms with Gasteiger partial charge in [-0.1, -0.05) is 17.7 Å². The smallest absolute Gasteiger partial charge is 0.337 e. The van der Waals surface area contributed by atoms with Crippen LogP contribution in [0.5, 0.6) is 0 Å². The van der Waals surface area contributed by atoms with Crippen LogP contribution >= 0.6 is 11.6 Å². The highest BCUT2D eigenvalue weighted by atomic mass is 35.5. The molecule has 0 aliphatic carbocycles. The molecule has 0 bridgehead atoms. The molecule has 0 radical (unpaired) electrons. The third-order valence-corrected chi connectivity index (χ3v) is 4.51. The Morgan fingerprint density at radius 2 is 2.00 bits per heavy atom. The maximum absolute atomic E-state index is 11.9. The van der Waals surface area contributed by atoms with Gasteiger partial charge < -0.3 is 10.2 Å². The first-order chi connectivity index (χ1) is 7.84. The van der Waals surface area contributed by atoms with Gasteiger partial charge in [-0.2, -0.15) is 0 Å². The van der Waals surface area contributed by atoms with Crippen molar-refractivity contribution in [2.24, 2.45) is 0 Å². The van der Waals surface area contributed by atoms with Gasteiger partial charge in [0.15, 0.2) is 6.10 Å². The molecule has 17 heavy (non-hydrogen) atoms. The number of sulfone groups is 1. The maximum Gasteiger partial charge on any atom is 0.337 e. The molecule has 1 aliphatic rings. The Bertz CT molecular complexity index is 632. The summed E-state index contributed by atoms with van der Waals surface area (Å²) in [5.41, 5.74) is 0.324. The van der Waals surface area contributed by atoms with E-state index in [0.29, 0.717) is 5.56 Å². The van der Waals surface area contributed by atoms with Crippen molar-refractivity contribution in [3.8, 4) is 0 Å². The fourth-order valence-electron chi connectivity index (χ4n) is 1.57. The molecule has 0 saturated carbocycles. The van der Waals surface area contributed by atoms with Crippen LogP contribution in [0.25, 0.3) is 6.08 Å². The summed E-state index contributed by atoms with van der Waals surface area (Å²) in [6.07, 6.45) is -0.925. The Morgan fingerprint density at radius 1 is 1.35 bits per heavy atom. The number of aliphatic carboxylic acids is 1. The highest BCUT2D eigenvalue weighted by molar-refractivity contribution is 7.96. The van der Waals surface area contributed by atoms with Gasteiger partial charge in [-0.25, -0.2) is 13.2 Å². The lowest BCUT2D eigenvalue weighted by atomic mass is 10.2. The van der Waals surface area contributed by atoms with E-state index < -0.39 is 26.8 Å². The van der Waals surface area contributed by atoms with Gasteiger partial charge >= 0.3 is 5.97 Å². The standard InChI is InChI=1S/C10H7ClO5S/c11-6-2-1-5-3-8(9(12)10(13)14)17(15,16)7(5)4-6/h1-4,9,12H,(H,13,14). The van der Waals surface area contributed by atoms with Gasteiger partial charge in [0.25, 0.3) is 0 Å². The molecule has 2 N–H and O–H groups in total. The molecular formula is C10H7ClO5S. The normalized spacial score (nSPS) is 18.4. The maximum atomic E-state index is 11.9. The first kappa shape index (κ1) is 12.1. The largest absolute Gasteiger partial charge is 0.479 e. The lowest BCUT2D eigenvalue weighted by molar-refractivity contribution is -0.144. The molecule has 1 aromatic rings. The van der Waals surface area contributed by atoms with Gasteiger partial charge in [0.05, 0.1) is 9.80 Å². The predicted molar refractivity (Wildman–Crippen MR) is 60.3 cm³/mol. The molecule has 0 fully saturated rings. The molecule has 0 amide bonds. The molecule has 0 saturated heterocycles. The molecule has 1 aliphatic heterocycles. The average molecular weight is 275 g/mol. The summed E-state index contributed by atoms with van der Waals surface area (Å²) in [6, 6.07) is 4.17. The third kappa shape index (κ3) is 1.84. The van der Waals surface area contributed by atoms with Crippen molar-refractivity contribution >= 4 is 33.5 Å². The Hall–Kier alpha value is -1.37. The fourth-order valence-corrected chi connectivity index (χ4v) is 3.45. The lowest BCUT2D eigenvalue weighted by Crippen LogP contribution is -2.25. The number of halogens is 1. The van der Waals surface area contributed by atoms with Gasteiger partial charge in [0, 0.05) is 5.02 Å². The van der Waals surface area contributed by atoms with Crippen LogP contribution in [0, 0.1) is 0 Å². The number of carboxylic acid groups (broad SMARTS) is 1. The number of benzene rings is 1. The number of carbonyl (C=O) groups is 1. The van der Waals surface area contributed by atoms with Crippen LogP contribution in [0.1, 0.15) is 5.56 Å². The van der Waals surface area contributed by atoms with E-state index in [0.717, 1.165) is 6.08 Å². The molecule has 2 rings (SSSR count). The Balaban J connectivity index is 2.61. The van der Waals surface area contributed by atoms with Gasteiger partial charge in [-0.05, 0) is 23.8 Å². The van der Waals surface area contributed by atoms with Crippen molar-refractivity contribution in [1.29, 1.82) is 0 Å². The van der Waals surface area contributed by atoms with E-state index in [-0.39, 0.29) is 9.92 Å². The molecule has 5 nitrogen and oxygen atoms in total. The summed E-state index contributed by atoms with van der Waals surface area (Å²) in [4.78, 5) is 9.99. The van der Waals surface area contributed by atoms with Crippen LogP contribution < -0.4 is 0 Å². The summed E-state index contributed by atoms with van der Waals surface area (Å²) in [6.45, 7) is 0. The van der Waals surface area contributed by atoms with Gasteiger partial charge in [-0.3, -0.25) is 0 Å². The SMILES string of the molecule is O=C(O)C(O)C1=Cc2ccc(Cl)cc2S1(=O)=O. The van der Waals surface area contributed by atoms with Crippen LogP contribution in [0.3, 0.4) is 0 Å². The minimum Gasteiger partial charge on any atom is -0.479 e. The van der Waals surface area contributed by atoms with E-state index >= 15 is 0 Å². The quantitative estimate of drug-likeness (QED) is 0.836. The number of rotatable bonds is 2. The Morgan fingerprint density at radius 3 is 2.59 bits per heavy atom. The number of fused-ring (bicyclic) bond motifs is 1. The summed E-state index contributed by atoms with van der Waals surface area (Å²) < 4.78 is 23.9. The first-order valence-electron chi connectivity index (χ1n) is 4.51. The highest BCUT2D eigenvalue weighted by Gasteiger charge is 2.37. The molecule has 1 unspecified atom stereocenters. The van der Waals surface area contributed by atoms with Crippen LogP contribution in [0.15, 0.2) is 28.0 Å². The van der Waals surface area contributed by atoms with E-state index in [2.05, 4.69) is 0 Å². The summed E-state index contributed by atoms with van der Waals surface area (Å²) in [5.74, 6) is -1.61. The number of aliphatic hydroxyl groups is 1. The second kappa shape index (κ2) is 3.83. The van der Waals surface area contributed by atoms with Crippen molar-refractivity contribution in [3.05, 3.63) is 33.7 Å². The number of aliphatic hydroxyl groups excluding tert-OH is 1. The van der Waals surface area contributed by atoms with Crippen LogP contribution in [-0.4, -0.2) is 30.7 Å². The van der Waals surface area contributed by atoms with Gasteiger partial charge in [-0.15, -0.1) is 0 Å². The van der Waals surface area contributed by atoms with E-state index in [1.54, 1.807) is 0 Å². The topological polar surface area (TPSA) is 91.7 Å². The minimum absolute atomic E-state index is 0.0831. The molecule has 1 heterocycles. The first-order valence-corrected chi connectivity index (χ1v) is 6.37. The number of carboxylic acids is 1. The minimum atomic E-state index is -3.97. The second-order valence-electron chi connectivity index (χ2n) is 3.47. The molecule has 0 aromatic heterocycles. The van der Waals surface area contributed by atoms with Crippen molar-refractivity contribution in [2.45, 2.75) is 11.0 Å². The molecule has 1 aromatic carbocycles. The lowest BCUT2D eigenvalue weighted by Gasteiger charge is -2.06. The van der Waals surface area contributed by atoms with E-state index in [1.807, 2.05) is 0 Å². The molecular weight excluding hydrogens is 268 g/mol. The average Bonchev–Trinajstić information content (AvgIpc) is 2.50. The summed E-state index contributed by atoms with van der Waals surface area (Å²) >= 11 is 5.67. The predicted octanol–water partition coefficient (Wildman–Crippen LogP) is 0.914. The zero-order valence-electron chi connectivity index (χ0n) is 8.29. The summed E-state index contributed by atoms with van der Waals surface area (Å²) in [5, 5.41) is 18.2. The van der Waals surface area contributed by atoms with Crippen molar-refractivity contribution in [2.75, 3.05) is 0 Å². The Labute approximate surface area is 102 Å².